The molecule has 33 heavy (non-hydrogen) atoms. The number of hydrogen-bond acceptors (Lipinski definition) is 6. The maximum absolute atomic E-state index is 12.8. The Morgan fingerprint density at radius 1 is 1.12 bits per heavy atom. The minimum absolute atomic E-state index is 0.0242. The zero-order chi connectivity index (χ0) is 24.0. The second kappa shape index (κ2) is 11.0. The highest BCUT2D eigenvalue weighted by molar-refractivity contribution is 5.95. The molecule has 1 fully saturated rings. The maximum Gasteiger partial charge on any atom is 0.328 e. The zero-order valence-electron chi connectivity index (χ0n) is 19.6. The summed E-state index contributed by atoms with van der Waals surface area (Å²) in [6, 6.07) is 7.93. The molecule has 1 aliphatic rings. The van der Waals surface area contributed by atoms with Gasteiger partial charge in [-0.05, 0) is 30.9 Å². The van der Waals surface area contributed by atoms with Crippen molar-refractivity contribution in [1.29, 1.82) is 0 Å². The van der Waals surface area contributed by atoms with Crippen LogP contribution in [0.1, 0.15) is 56.5 Å². The number of urea groups is 1. The van der Waals surface area contributed by atoms with E-state index in [-0.39, 0.29) is 23.8 Å². The number of carbonyl (C=O) groups is 3. The highest BCUT2D eigenvalue weighted by Crippen LogP contribution is 2.23. The Bertz CT molecular complexity index is 963. The van der Waals surface area contributed by atoms with E-state index < -0.39 is 17.9 Å². The molecule has 1 aromatic carbocycles. The summed E-state index contributed by atoms with van der Waals surface area (Å²) in [7, 11) is 2.83. The molecule has 2 aromatic rings. The number of esters is 1. The number of hydrogen-bond donors (Lipinski definition) is 2. The normalized spacial score (nSPS) is 15.1. The number of likely N-dealkylation sites (N-methyl/N-ethyl adjacent to an activating group) is 1. The van der Waals surface area contributed by atoms with Crippen LogP contribution in [0.4, 0.5) is 10.5 Å². The summed E-state index contributed by atoms with van der Waals surface area (Å²) in [6.45, 7) is 3.67. The molecule has 2 N–H and O–H groups in total. The standard InChI is InChI=1S/C24H32N4O5/c1-15(2)21(23(30)32-4)28(3)22(29)20-14-19(27-33-20)16-10-12-18(13-11-16)26-24(31)25-17-8-6-5-7-9-17/h10-15,17,21H,5-9H2,1-4H3,(H2,25,26,31)/t21-/m0/s1. The lowest BCUT2D eigenvalue weighted by molar-refractivity contribution is -0.147. The average molecular weight is 457 g/mol. The number of aromatic nitrogens is 1. The second-order valence-electron chi connectivity index (χ2n) is 8.72. The van der Waals surface area contributed by atoms with Crippen LogP contribution in [0.25, 0.3) is 11.3 Å². The molecule has 0 saturated heterocycles. The quantitative estimate of drug-likeness (QED) is 0.607. The molecule has 0 radical (unpaired) electrons. The number of ether oxygens (including phenoxy) is 1. The van der Waals surface area contributed by atoms with Gasteiger partial charge in [-0.15, -0.1) is 0 Å². The molecule has 1 saturated carbocycles. The number of nitrogens with zero attached hydrogens (tertiary/aromatic N) is 2. The predicted octanol–water partition coefficient (Wildman–Crippen LogP) is 4.07. The summed E-state index contributed by atoms with van der Waals surface area (Å²) >= 11 is 0. The summed E-state index contributed by atoms with van der Waals surface area (Å²) in [6.07, 6.45) is 5.58. The smallest absolute Gasteiger partial charge is 0.328 e. The summed E-state index contributed by atoms with van der Waals surface area (Å²) in [5.74, 6) is -1.06. The SMILES string of the molecule is COC(=O)[C@H](C(C)C)N(C)C(=O)c1cc(-c2ccc(NC(=O)NC3CCCCC3)cc2)no1. The molecule has 0 aliphatic heterocycles. The van der Waals surface area contributed by atoms with Crippen LogP contribution in [-0.2, 0) is 9.53 Å². The average Bonchev–Trinajstić information content (AvgIpc) is 3.29. The van der Waals surface area contributed by atoms with Gasteiger partial charge in [-0.25, -0.2) is 9.59 Å². The Morgan fingerprint density at radius 3 is 2.39 bits per heavy atom. The van der Waals surface area contributed by atoms with Crippen LogP contribution >= 0.6 is 0 Å². The van der Waals surface area contributed by atoms with Crippen LogP contribution in [0.2, 0.25) is 0 Å². The molecule has 1 aromatic heterocycles. The number of rotatable bonds is 7. The highest BCUT2D eigenvalue weighted by atomic mass is 16.5. The van der Waals surface area contributed by atoms with Crippen LogP contribution in [0, 0.1) is 5.92 Å². The molecule has 9 nitrogen and oxygen atoms in total. The van der Waals surface area contributed by atoms with Gasteiger partial charge in [0.25, 0.3) is 5.91 Å². The fraction of sp³-hybridized carbons (Fsp3) is 0.500. The van der Waals surface area contributed by atoms with Crippen molar-refractivity contribution in [2.75, 3.05) is 19.5 Å². The van der Waals surface area contributed by atoms with Gasteiger partial charge < -0.3 is 24.8 Å². The van der Waals surface area contributed by atoms with Gasteiger partial charge in [-0.3, -0.25) is 4.79 Å². The van der Waals surface area contributed by atoms with Gasteiger partial charge in [-0.1, -0.05) is 50.4 Å². The maximum atomic E-state index is 12.8. The van der Waals surface area contributed by atoms with E-state index in [2.05, 4.69) is 15.8 Å². The fourth-order valence-electron chi connectivity index (χ4n) is 4.13. The predicted molar refractivity (Wildman–Crippen MR) is 124 cm³/mol. The van der Waals surface area contributed by atoms with Crippen LogP contribution in [0.3, 0.4) is 0 Å². The van der Waals surface area contributed by atoms with E-state index in [1.54, 1.807) is 24.3 Å². The van der Waals surface area contributed by atoms with E-state index in [0.717, 1.165) is 31.2 Å². The zero-order valence-corrected chi connectivity index (χ0v) is 19.6. The summed E-state index contributed by atoms with van der Waals surface area (Å²) in [4.78, 5) is 38.4. The first-order valence-electron chi connectivity index (χ1n) is 11.3. The Balaban J connectivity index is 1.63. The second-order valence-corrected chi connectivity index (χ2v) is 8.72. The third kappa shape index (κ3) is 6.12. The number of nitrogens with one attached hydrogen (secondary N) is 2. The number of amides is 3. The minimum atomic E-state index is -0.735. The van der Waals surface area contributed by atoms with Gasteiger partial charge in [0, 0.05) is 30.4 Å². The van der Waals surface area contributed by atoms with Crippen molar-refractivity contribution >= 4 is 23.6 Å². The molecule has 1 atom stereocenters. The van der Waals surface area contributed by atoms with Crippen LogP contribution in [0.5, 0.6) is 0 Å². The van der Waals surface area contributed by atoms with Crippen molar-refractivity contribution in [2.45, 2.75) is 58.0 Å². The molecule has 3 amide bonds. The Kier molecular flexibility index (Phi) is 8.08. The van der Waals surface area contributed by atoms with E-state index in [9.17, 15) is 14.4 Å². The number of methoxy groups -OCH3 is 1. The highest BCUT2D eigenvalue weighted by Gasteiger charge is 2.32. The van der Waals surface area contributed by atoms with Crippen LogP contribution in [-0.4, -0.2) is 54.2 Å². The van der Waals surface area contributed by atoms with Crippen molar-refractivity contribution in [3.05, 3.63) is 36.1 Å². The molecule has 0 spiro atoms. The molecule has 3 rings (SSSR count). The van der Waals surface area contributed by atoms with Crippen molar-refractivity contribution < 1.29 is 23.6 Å². The first-order chi connectivity index (χ1) is 15.8. The lowest BCUT2D eigenvalue weighted by Crippen LogP contribution is -2.46. The van der Waals surface area contributed by atoms with Crippen LogP contribution < -0.4 is 10.6 Å². The first kappa shape index (κ1) is 24.3. The van der Waals surface area contributed by atoms with Crippen molar-refractivity contribution in [3.63, 3.8) is 0 Å². The number of anilines is 1. The molecular formula is C24H32N4O5. The van der Waals surface area contributed by atoms with Crippen LogP contribution in [0.15, 0.2) is 34.9 Å². The number of benzene rings is 1. The van der Waals surface area contributed by atoms with E-state index >= 15 is 0 Å². The van der Waals surface area contributed by atoms with Crippen molar-refractivity contribution in [2.24, 2.45) is 5.92 Å². The van der Waals surface area contributed by atoms with Crippen molar-refractivity contribution in [1.82, 2.24) is 15.4 Å². The summed E-state index contributed by atoms with van der Waals surface area (Å²) < 4.78 is 10.1. The van der Waals surface area contributed by atoms with E-state index in [0.29, 0.717) is 11.4 Å². The third-order valence-corrected chi connectivity index (χ3v) is 5.91. The monoisotopic (exact) mass is 456 g/mol. The van der Waals surface area contributed by atoms with Gasteiger partial charge in [0.15, 0.2) is 0 Å². The topological polar surface area (TPSA) is 114 Å². The molecule has 1 aliphatic carbocycles. The number of carbonyl (C=O) groups excluding carboxylic acids is 3. The van der Waals surface area contributed by atoms with Gasteiger partial charge in [0.2, 0.25) is 5.76 Å². The Morgan fingerprint density at radius 2 is 1.79 bits per heavy atom. The Hall–Kier alpha value is -3.36. The van der Waals surface area contributed by atoms with Gasteiger partial charge in [-0.2, -0.15) is 0 Å². The molecule has 1 heterocycles. The lowest BCUT2D eigenvalue weighted by atomic mass is 9.96. The minimum Gasteiger partial charge on any atom is -0.467 e. The van der Waals surface area contributed by atoms with Gasteiger partial charge >= 0.3 is 12.0 Å². The fourth-order valence-corrected chi connectivity index (χ4v) is 4.13. The van der Waals surface area contributed by atoms with Gasteiger partial charge in [0.05, 0.1) is 7.11 Å². The summed E-state index contributed by atoms with van der Waals surface area (Å²) in [5.41, 5.74) is 1.86. The Labute approximate surface area is 193 Å². The third-order valence-electron chi connectivity index (χ3n) is 5.91. The van der Waals surface area contributed by atoms with Gasteiger partial charge in [0.1, 0.15) is 11.7 Å². The first-order valence-corrected chi connectivity index (χ1v) is 11.3. The molecule has 0 bridgehead atoms. The molecule has 178 valence electrons. The summed E-state index contributed by atoms with van der Waals surface area (Å²) in [5, 5.41) is 9.85. The van der Waals surface area contributed by atoms with E-state index in [4.69, 9.17) is 9.26 Å². The molecule has 9 heteroatoms. The molecular weight excluding hydrogens is 424 g/mol. The largest absolute Gasteiger partial charge is 0.467 e. The van der Waals surface area contributed by atoms with E-state index in [1.807, 2.05) is 13.8 Å². The van der Waals surface area contributed by atoms with E-state index in [1.165, 1.54) is 31.5 Å². The lowest BCUT2D eigenvalue weighted by Gasteiger charge is -2.27. The van der Waals surface area contributed by atoms with Crippen molar-refractivity contribution in [3.8, 4) is 11.3 Å². The molecule has 0 unspecified atom stereocenters.